The first-order chi connectivity index (χ1) is 17.8. The molecule has 0 bridgehead atoms. The average Bonchev–Trinajstić information content (AvgIpc) is 3.59. The Morgan fingerprint density at radius 1 is 0.842 bits per heavy atom. The van der Waals surface area contributed by atoms with Crippen molar-refractivity contribution in [2.75, 3.05) is 0 Å². The SMILES string of the molecule is Fc1cccc(Cl)c1C[n+]1ccn(CCCCCCCCCCCC(F)(F)C(F)(F)C(F)(F)F)c1C1CC1. The van der Waals surface area contributed by atoms with Crippen LogP contribution in [0.3, 0.4) is 0 Å². The topological polar surface area (TPSA) is 8.81 Å². The maximum absolute atomic E-state index is 14.3. The van der Waals surface area contributed by atoms with Crippen LogP contribution in [0.5, 0.6) is 0 Å². The largest absolute Gasteiger partial charge is 0.459 e. The summed E-state index contributed by atoms with van der Waals surface area (Å²) in [5.74, 6) is -9.76. The molecule has 0 radical (unpaired) electrons. The standard InChI is InChI=1S/C27H34ClF8N2/c28-22-11-10-12-23(29)21(22)19-38-18-17-37(24(38)20-13-14-20)16-9-7-5-3-1-2-4-6-8-15-25(30,31)26(32,33)27(34,35)36/h10-12,17-18,20H,1-9,13-16,19H2/q+1. The third-order valence-electron chi connectivity index (χ3n) is 7.05. The summed E-state index contributed by atoms with van der Waals surface area (Å²) in [6.45, 7) is 1.23. The number of unbranched alkanes of at least 4 members (excludes halogenated alkanes) is 8. The van der Waals surface area contributed by atoms with Crippen LogP contribution in [0.1, 0.15) is 94.4 Å². The zero-order valence-electron chi connectivity index (χ0n) is 21.2. The lowest BCUT2D eigenvalue weighted by atomic mass is 10.0. The van der Waals surface area contributed by atoms with Crippen molar-refractivity contribution in [1.29, 1.82) is 0 Å². The Bertz CT molecular complexity index is 1010. The molecule has 0 N–H and O–H groups in total. The van der Waals surface area contributed by atoms with E-state index in [9.17, 15) is 35.1 Å². The van der Waals surface area contributed by atoms with Crippen molar-refractivity contribution in [2.24, 2.45) is 0 Å². The summed E-state index contributed by atoms with van der Waals surface area (Å²) in [4.78, 5) is 0. The van der Waals surface area contributed by atoms with E-state index >= 15 is 0 Å². The summed E-state index contributed by atoms with van der Waals surface area (Å²) in [7, 11) is 0. The molecule has 0 aliphatic heterocycles. The number of alkyl halides is 7. The average molecular weight is 574 g/mol. The van der Waals surface area contributed by atoms with Gasteiger partial charge in [-0.3, -0.25) is 0 Å². The first-order valence-electron chi connectivity index (χ1n) is 13.2. The number of imidazole rings is 1. The van der Waals surface area contributed by atoms with Crippen LogP contribution >= 0.6 is 11.6 Å². The minimum absolute atomic E-state index is 0.194. The number of nitrogens with zero attached hydrogens (tertiary/aromatic N) is 2. The number of hydrogen-bond donors (Lipinski definition) is 0. The molecular formula is C27H34ClF8N2+. The van der Waals surface area contributed by atoms with E-state index < -0.39 is 24.4 Å². The highest BCUT2D eigenvalue weighted by Gasteiger charge is 2.72. The number of benzene rings is 1. The van der Waals surface area contributed by atoms with Crippen LogP contribution in [-0.2, 0) is 13.1 Å². The Morgan fingerprint density at radius 3 is 1.97 bits per heavy atom. The molecular weight excluding hydrogens is 540 g/mol. The Hall–Kier alpha value is -1.84. The van der Waals surface area contributed by atoms with Crippen molar-refractivity contribution in [3.05, 3.63) is 52.8 Å². The maximum atomic E-state index is 14.3. The van der Waals surface area contributed by atoms with E-state index in [1.54, 1.807) is 12.1 Å². The molecule has 3 rings (SSSR count). The van der Waals surface area contributed by atoms with Crippen molar-refractivity contribution in [3.8, 4) is 0 Å². The number of aryl methyl sites for hydroxylation is 1. The quantitative estimate of drug-likeness (QED) is 0.107. The molecule has 1 aliphatic carbocycles. The van der Waals surface area contributed by atoms with E-state index in [1.165, 1.54) is 11.9 Å². The summed E-state index contributed by atoms with van der Waals surface area (Å²) in [5, 5.41) is 0.410. The van der Waals surface area contributed by atoms with E-state index in [0.29, 0.717) is 29.5 Å². The van der Waals surface area contributed by atoms with Crippen LogP contribution in [0.2, 0.25) is 5.02 Å². The maximum Gasteiger partial charge on any atom is 0.459 e. The summed E-state index contributed by atoms with van der Waals surface area (Å²) >= 11 is 6.21. The van der Waals surface area contributed by atoms with Gasteiger partial charge in [0.25, 0.3) is 5.82 Å². The Morgan fingerprint density at radius 2 is 1.42 bits per heavy atom. The van der Waals surface area contributed by atoms with Gasteiger partial charge in [0.1, 0.15) is 24.8 Å². The Labute approximate surface area is 223 Å². The molecule has 11 heteroatoms. The van der Waals surface area contributed by atoms with Gasteiger partial charge in [0.05, 0.1) is 17.5 Å². The molecule has 0 spiro atoms. The lowest BCUT2D eigenvalue weighted by Gasteiger charge is -2.28. The highest BCUT2D eigenvalue weighted by atomic mass is 35.5. The van der Waals surface area contributed by atoms with E-state index in [-0.39, 0.29) is 18.7 Å². The van der Waals surface area contributed by atoms with Gasteiger partial charge in [-0.1, -0.05) is 56.2 Å². The smallest absolute Gasteiger partial charge is 0.234 e. The van der Waals surface area contributed by atoms with Gasteiger partial charge in [0, 0.05) is 12.0 Å². The Kier molecular flexibility index (Phi) is 10.5. The molecule has 2 aromatic rings. The molecule has 0 saturated heterocycles. The fourth-order valence-electron chi connectivity index (χ4n) is 4.70. The van der Waals surface area contributed by atoms with Crippen LogP contribution in [0.25, 0.3) is 0 Å². The van der Waals surface area contributed by atoms with Gasteiger partial charge in [-0.05, 0) is 44.2 Å². The van der Waals surface area contributed by atoms with Crippen molar-refractivity contribution >= 4 is 11.6 Å². The highest BCUT2D eigenvalue weighted by Crippen LogP contribution is 2.48. The zero-order chi connectivity index (χ0) is 28.0. The zero-order valence-corrected chi connectivity index (χ0v) is 21.9. The van der Waals surface area contributed by atoms with Crippen LogP contribution < -0.4 is 4.57 Å². The normalized spacial score (nSPS) is 14.9. The van der Waals surface area contributed by atoms with E-state index in [1.807, 2.05) is 12.4 Å². The highest BCUT2D eigenvalue weighted by molar-refractivity contribution is 6.31. The fraction of sp³-hybridized carbons (Fsp3) is 0.667. The number of rotatable bonds is 16. The number of halogens is 9. The van der Waals surface area contributed by atoms with Crippen molar-refractivity contribution in [1.82, 2.24) is 4.57 Å². The summed E-state index contributed by atoms with van der Waals surface area (Å²) < 4.78 is 107. The summed E-state index contributed by atoms with van der Waals surface area (Å²) in [6.07, 6.45) is 4.30. The minimum atomic E-state index is -6.26. The fourth-order valence-corrected chi connectivity index (χ4v) is 4.92. The van der Waals surface area contributed by atoms with Gasteiger partial charge in [-0.2, -0.15) is 30.7 Å². The molecule has 1 saturated carbocycles. The van der Waals surface area contributed by atoms with Gasteiger partial charge >= 0.3 is 18.0 Å². The third-order valence-corrected chi connectivity index (χ3v) is 7.41. The molecule has 1 aromatic heterocycles. The van der Waals surface area contributed by atoms with Gasteiger partial charge in [-0.25, -0.2) is 13.5 Å². The van der Waals surface area contributed by atoms with Crippen molar-refractivity contribution in [3.63, 3.8) is 0 Å². The first-order valence-corrected chi connectivity index (χ1v) is 13.6. The molecule has 1 heterocycles. The Balaban J connectivity index is 1.31. The molecule has 1 aromatic carbocycles. The summed E-state index contributed by atoms with van der Waals surface area (Å²) in [6, 6.07) is 4.69. The molecule has 0 amide bonds. The van der Waals surface area contributed by atoms with E-state index in [4.69, 9.17) is 11.6 Å². The van der Waals surface area contributed by atoms with Crippen LogP contribution in [0.15, 0.2) is 30.6 Å². The molecule has 1 fully saturated rings. The van der Waals surface area contributed by atoms with E-state index in [0.717, 1.165) is 57.9 Å². The minimum Gasteiger partial charge on any atom is -0.234 e. The second-order valence-corrected chi connectivity index (χ2v) is 10.6. The molecule has 2 nitrogen and oxygen atoms in total. The van der Waals surface area contributed by atoms with Gasteiger partial charge < -0.3 is 0 Å². The second kappa shape index (κ2) is 13.0. The lowest BCUT2D eigenvalue weighted by molar-refractivity contribution is -0.695. The summed E-state index contributed by atoms with van der Waals surface area (Å²) in [5.41, 5.74) is 0.478. The number of hydrogen-bond acceptors (Lipinski definition) is 0. The van der Waals surface area contributed by atoms with Crippen LogP contribution in [0.4, 0.5) is 35.1 Å². The van der Waals surface area contributed by atoms with Gasteiger partial charge in [-0.15, -0.1) is 0 Å². The number of aromatic nitrogens is 2. The van der Waals surface area contributed by atoms with Crippen molar-refractivity contribution in [2.45, 2.75) is 114 Å². The predicted molar refractivity (Wildman–Crippen MR) is 129 cm³/mol. The molecule has 214 valence electrons. The van der Waals surface area contributed by atoms with Crippen LogP contribution in [0, 0.1) is 5.82 Å². The van der Waals surface area contributed by atoms with Gasteiger partial charge in [0.15, 0.2) is 0 Å². The second-order valence-electron chi connectivity index (χ2n) is 10.2. The molecule has 0 unspecified atom stereocenters. The first kappa shape index (κ1) is 30.7. The van der Waals surface area contributed by atoms with E-state index in [2.05, 4.69) is 9.13 Å². The van der Waals surface area contributed by atoms with Crippen molar-refractivity contribution < 1.29 is 39.7 Å². The van der Waals surface area contributed by atoms with Gasteiger partial charge in [0.2, 0.25) is 0 Å². The predicted octanol–water partition coefficient (Wildman–Crippen LogP) is 9.23. The third kappa shape index (κ3) is 7.85. The monoisotopic (exact) mass is 573 g/mol. The van der Waals surface area contributed by atoms with Crippen LogP contribution in [-0.4, -0.2) is 22.6 Å². The molecule has 0 atom stereocenters. The lowest BCUT2D eigenvalue weighted by Crippen LogP contribution is -2.51. The molecule has 1 aliphatic rings. The molecule has 38 heavy (non-hydrogen) atoms.